The second kappa shape index (κ2) is 7.34. The molecule has 1 N–H and O–H groups in total. The van der Waals surface area contributed by atoms with E-state index in [9.17, 15) is 0 Å². The molecule has 4 heteroatoms. The molecule has 100 valence electrons. The maximum absolute atomic E-state index is 6.31. The second-order valence-corrected chi connectivity index (χ2v) is 6.37. The predicted octanol–water partition coefficient (Wildman–Crippen LogP) is 5.36. The van der Waals surface area contributed by atoms with Gasteiger partial charge in [-0.1, -0.05) is 48.5 Å². The van der Waals surface area contributed by atoms with Crippen LogP contribution >= 0.6 is 39.3 Å². The standard InChI is InChI=1S/C15H15BrClNS/c1-2-18-10-11-13(17)7-5-9-14(11)19-15-8-4-3-6-12(15)16/h3-9,18H,2,10H2,1H3. The van der Waals surface area contributed by atoms with Gasteiger partial charge in [0.15, 0.2) is 0 Å². The van der Waals surface area contributed by atoms with Crippen LogP contribution in [0.1, 0.15) is 12.5 Å². The van der Waals surface area contributed by atoms with Gasteiger partial charge in [0, 0.05) is 25.8 Å². The summed E-state index contributed by atoms with van der Waals surface area (Å²) in [5, 5.41) is 4.15. The molecule has 2 aromatic carbocycles. The summed E-state index contributed by atoms with van der Waals surface area (Å²) in [6.45, 7) is 3.82. The van der Waals surface area contributed by atoms with Crippen LogP contribution in [0.25, 0.3) is 0 Å². The zero-order valence-electron chi connectivity index (χ0n) is 10.6. The molecule has 0 aliphatic carbocycles. The van der Waals surface area contributed by atoms with Gasteiger partial charge in [-0.25, -0.2) is 0 Å². The van der Waals surface area contributed by atoms with Crippen molar-refractivity contribution in [3.63, 3.8) is 0 Å². The summed E-state index contributed by atoms with van der Waals surface area (Å²) < 4.78 is 1.11. The number of halogens is 2. The van der Waals surface area contributed by atoms with Crippen LogP contribution in [0.15, 0.2) is 56.7 Å². The van der Waals surface area contributed by atoms with E-state index in [1.54, 1.807) is 11.8 Å². The number of rotatable bonds is 5. The molecule has 0 unspecified atom stereocenters. The maximum Gasteiger partial charge on any atom is 0.0462 e. The SMILES string of the molecule is CCNCc1c(Cl)cccc1Sc1ccccc1Br. The molecule has 0 saturated carbocycles. The third-order valence-electron chi connectivity index (χ3n) is 2.68. The van der Waals surface area contributed by atoms with Gasteiger partial charge in [-0.3, -0.25) is 0 Å². The Morgan fingerprint density at radius 2 is 1.84 bits per heavy atom. The minimum absolute atomic E-state index is 0.795. The van der Waals surface area contributed by atoms with E-state index in [4.69, 9.17) is 11.6 Å². The monoisotopic (exact) mass is 355 g/mol. The molecule has 19 heavy (non-hydrogen) atoms. The van der Waals surface area contributed by atoms with Gasteiger partial charge < -0.3 is 5.32 Å². The first kappa shape index (κ1) is 14.9. The van der Waals surface area contributed by atoms with Crippen LogP contribution in [0.3, 0.4) is 0 Å². The predicted molar refractivity (Wildman–Crippen MR) is 87.1 cm³/mol. The lowest BCUT2D eigenvalue weighted by Crippen LogP contribution is -2.12. The van der Waals surface area contributed by atoms with Crippen LogP contribution in [0.2, 0.25) is 5.02 Å². The van der Waals surface area contributed by atoms with Gasteiger partial charge in [-0.05, 0) is 52.3 Å². The summed E-state index contributed by atoms with van der Waals surface area (Å²) in [6.07, 6.45) is 0. The van der Waals surface area contributed by atoms with Gasteiger partial charge in [0.25, 0.3) is 0 Å². The lowest BCUT2D eigenvalue weighted by atomic mass is 10.2. The van der Waals surface area contributed by atoms with E-state index in [1.807, 2.05) is 24.3 Å². The summed E-state index contributed by atoms with van der Waals surface area (Å²) >= 11 is 11.6. The molecule has 0 radical (unpaired) electrons. The topological polar surface area (TPSA) is 12.0 Å². The Kier molecular flexibility index (Phi) is 5.76. The van der Waals surface area contributed by atoms with Gasteiger partial charge in [0.2, 0.25) is 0 Å². The van der Waals surface area contributed by atoms with Crippen LogP contribution in [-0.4, -0.2) is 6.54 Å². The summed E-state index contributed by atoms with van der Waals surface area (Å²) in [5.41, 5.74) is 1.16. The van der Waals surface area contributed by atoms with E-state index in [0.717, 1.165) is 28.1 Å². The number of hydrogen-bond acceptors (Lipinski definition) is 2. The quantitative estimate of drug-likeness (QED) is 0.773. The van der Waals surface area contributed by atoms with Gasteiger partial charge in [-0.15, -0.1) is 0 Å². The summed E-state index contributed by atoms with van der Waals surface area (Å²) in [7, 11) is 0. The van der Waals surface area contributed by atoms with Gasteiger partial charge in [-0.2, -0.15) is 0 Å². The van der Waals surface area contributed by atoms with Gasteiger partial charge in [0.1, 0.15) is 0 Å². The molecule has 2 aromatic rings. The Bertz CT molecular complexity index is 560. The van der Waals surface area contributed by atoms with Crippen molar-refractivity contribution in [1.82, 2.24) is 5.32 Å². The molecule has 1 nitrogen and oxygen atoms in total. The van der Waals surface area contributed by atoms with Crippen molar-refractivity contribution < 1.29 is 0 Å². The minimum atomic E-state index is 0.795. The first-order chi connectivity index (χ1) is 9.22. The Labute approximate surface area is 131 Å². The summed E-state index contributed by atoms with van der Waals surface area (Å²) in [5.74, 6) is 0. The molecule has 0 amide bonds. The summed E-state index contributed by atoms with van der Waals surface area (Å²) in [4.78, 5) is 2.39. The van der Waals surface area contributed by atoms with Crippen molar-refractivity contribution in [2.45, 2.75) is 23.3 Å². The molecule has 2 rings (SSSR count). The van der Waals surface area contributed by atoms with Crippen molar-refractivity contribution in [2.75, 3.05) is 6.54 Å². The second-order valence-electron chi connectivity index (χ2n) is 4.03. The van der Waals surface area contributed by atoms with Gasteiger partial charge in [0.05, 0.1) is 0 Å². The Morgan fingerprint density at radius 1 is 1.11 bits per heavy atom. The van der Waals surface area contributed by atoms with E-state index in [2.05, 4.69) is 46.4 Å². The van der Waals surface area contributed by atoms with E-state index >= 15 is 0 Å². The fraction of sp³-hybridized carbons (Fsp3) is 0.200. The molecule has 0 aliphatic rings. The zero-order chi connectivity index (χ0) is 13.7. The Hall–Kier alpha value is -0.480. The van der Waals surface area contributed by atoms with Crippen LogP contribution in [-0.2, 0) is 6.54 Å². The van der Waals surface area contributed by atoms with Crippen molar-refractivity contribution in [2.24, 2.45) is 0 Å². The highest BCUT2D eigenvalue weighted by molar-refractivity contribution is 9.10. The third kappa shape index (κ3) is 3.99. The largest absolute Gasteiger partial charge is 0.313 e. The lowest BCUT2D eigenvalue weighted by molar-refractivity contribution is 0.718. The van der Waals surface area contributed by atoms with Crippen molar-refractivity contribution >= 4 is 39.3 Å². The van der Waals surface area contributed by atoms with E-state index < -0.39 is 0 Å². The first-order valence-corrected chi connectivity index (χ1v) is 8.11. The first-order valence-electron chi connectivity index (χ1n) is 6.13. The molecular weight excluding hydrogens is 342 g/mol. The maximum atomic E-state index is 6.31. The Balaban J connectivity index is 2.29. The van der Waals surface area contributed by atoms with Crippen molar-refractivity contribution in [1.29, 1.82) is 0 Å². The lowest BCUT2D eigenvalue weighted by Gasteiger charge is -2.12. The molecule has 0 saturated heterocycles. The Morgan fingerprint density at radius 3 is 2.58 bits per heavy atom. The highest BCUT2D eigenvalue weighted by Gasteiger charge is 2.09. The average molecular weight is 357 g/mol. The molecule has 0 spiro atoms. The molecular formula is C15H15BrClNS. The van der Waals surface area contributed by atoms with Crippen LogP contribution in [0, 0.1) is 0 Å². The van der Waals surface area contributed by atoms with E-state index in [0.29, 0.717) is 0 Å². The van der Waals surface area contributed by atoms with Crippen molar-refractivity contribution in [3.8, 4) is 0 Å². The van der Waals surface area contributed by atoms with Gasteiger partial charge >= 0.3 is 0 Å². The number of hydrogen-bond donors (Lipinski definition) is 1. The number of benzene rings is 2. The molecule has 0 atom stereocenters. The molecule has 0 heterocycles. The van der Waals surface area contributed by atoms with Crippen molar-refractivity contribution in [3.05, 3.63) is 57.5 Å². The molecule has 0 aliphatic heterocycles. The normalized spacial score (nSPS) is 10.7. The molecule has 0 aromatic heterocycles. The highest BCUT2D eigenvalue weighted by Crippen LogP contribution is 2.37. The molecule has 0 fully saturated rings. The van der Waals surface area contributed by atoms with E-state index in [-0.39, 0.29) is 0 Å². The average Bonchev–Trinajstić information content (AvgIpc) is 2.41. The zero-order valence-corrected chi connectivity index (χ0v) is 13.8. The summed E-state index contributed by atoms with van der Waals surface area (Å²) in [6, 6.07) is 14.3. The highest BCUT2D eigenvalue weighted by atomic mass is 79.9. The fourth-order valence-electron chi connectivity index (χ4n) is 1.70. The smallest absolute Gasteiger partial charge is 0.0462 e. The number of nitrogens with one attached hydrogen (secondary N) is 1. The van der Waals surface area contributed by atoms with Crippen LogP contribution in [0.4, 0.5) is 0 Å². The van der Waals surface area contributed by atoms with Crippen LogP contribution < -0.4 is 5.32 Å². The van der Waals surface area contributed by atoms with Crippen LogP contribution in [0.5, 0.6) is 0 Å². The molecule has 0 bridgehead atoms. The van der Waals surface area contributed by atoms with E-state index in [1.165, 1.54) is 9.79 Å². The fourth-order valence-corrected chi connectivity index (χ4v) is 3.53. The third-order valence-corrected chi connectivity index (χ3v) is 5.17. The minimum Gasteiger partial charge on any atom is -0.313 e.